The summed E-state index contributed by atoms with van der Waals surface area (Å²) in [6, 6.07) is 26.3. The van der Waals surface area contributed by atoms with Crippen LogP contribution in [0.3, 0.4) is 0 Å². The zero-order valence-electron chi connectivity index (χ0n) is 17.8. The molecule has 0 atom stereocenters. The third-order valence-electron chi connectivity index (χ3n) is 5.70. The Kier molecular flexibility index (Phi) is 5.62. The second-order valence-electron chi connectivity index (χ2n) is 7.90. The highest BCUT2D eigenvalue weighted by molar-refractivity contribution is 5.85. The minimum atomic E-state index is -0.00190. The Balaban J connectivity index is 1.20. The molecule has 3 aromatic carbocycles. The monoisotopic (exact) mass is 423 g/mol. The number of nitrogens with zero attached hydrogens (tertiary/aromatic N) is 1. The highest BCUT2D eigenvalue weighted by Crippen LogP contribution is 2.23. The van der Waals surface area contributed by atoms with Crippen LogP contribution in [0.5, 0.6) is 5.75 Å². The van der Waals surface area contributed by atoms with Crippen LogP contribution in [0.1, 0.15) is 11.1 Å². The summed E-state index contributed by atoms with van der Waals surface area (Å²) in [7, 11) is 0. The van der Waals surface area contributed by atoms with Gasteiger partial charge in [0.05, 0.1) is 5.52 Å². The van der Waals surface area contributed by atoms with E-state index in [1.165, 1.54) is 10.9 Å². The van der Waals surface area contributed by atoms with Crippen molar-refractivity contribution in [2.75, 3.05) is 6.54 Å². The Morgan fingerprint density at radius 2 is 1.81 bits per heavy atom. The normalized spacial score (nSPS) is 11.1. The lowest BCUT2D eigenvalue weighted by Gasteiger charge is -2.09. The molecule has 160 valence electrons. The maximum Gasteiger partial charge on any atom is 0.239 e. The lowest BCUT2D eigenvalue weighted by molar-refractivity contribution is -0.121. The van der Waals surface area contributed by atoms with Crippen molar-refractivity contribution in [2.24, 2.45) is 0 Å². The molecule has 0 aliphatic rings. The molecule has 0 aliphatic carbocycles. The first kappa shape index (κ1) is 19.9. The maximum atomic E-state index is 12.6. The van der Waals surface area contributed by atoms with E-state index in [4.69, 9.17) is 4.74 Å². The van der Waals surface area contributed by atoms with Gasteiger partial charge in [-0.15, -0.1) is 0 Å². The zero-order valence-corrected chi connectivity index (χ0v) is 17.8. The number of hydrogen-bond acceptors (Lipinski definition) is 2. The topological polar surface area (TPSA) is 59.0 Å². The van der Waals surface area contributed by atoms with Crippen molar-refractivity contribution < 1.29 is 9.53 Å². The Morgan fingerprint density at radius 1 is 0.969 bits per heavy atom. The number of nitrogens with one attached hydrogen (secondary N) is 2. The molecule has 2 aromatic heterocycles. The van der Waals surface area contributed by atoms with Gasteiger partial charge in [0.2, 0.25) is 5.91 Å². The molecule has 0 aliphatic heterocycles. The second kappa shape index (κ2) is 9.02. The van der Waals surface area contributed by atoms with Crippen molar-refractivity contribution >= 4 is 27.7 Å². The van der Waals surface area contributed by atoms with E-state index in [9.17, 15) is 4.79 Å². The second-order valence-corrected chi connectivity index (χ2v) is 7.90. The van der Waals surface area contributed by atoms with Crippen LogP contribution in [0.15, 0.2) is 91.3 Å². The van der Waals surface area contributed by atoms with Gasteiger partial charge in [-0.25, -0.2) is 0 Å². The fraction of sp³-hybridized carbons (Fsp3) is 0.148. The summed E-state index contributed by atoms with van der Waals surface area (Å²) in [6.45, 7) is 1.40. The average molecular weight is 424 g/mol. The van der Waals surface area contributed by atoms with E-state index in [1.54, 1.807) is 0 Å². The van der Waals surface area contributed by atoms with Crippen LogP contribution in [0.4, 0.5) is 0 Å². The number of amides is 1. The van der Waals surface area contributed by atoms with Crippen LogP contribution in [0.25, 0.3) is 21.8 Å². The highest BCUT2D eigenvalue weighted by atomic mass is 16.5. The van der Waals surface area contributed by atoms with E-state index in [0.29, 0.717) is 13.2 Å². The molecule has 2 N–H and O–H groups in total. The number of para-hydroxylation sites is 1. The lowest BCUT2D eigenvalue weighted by atomic mass is 10.1. The standard InChI is InChI=1S/C27H25N3O2/c31-27(28-14-12-22-17-29-25-9-5-4-8-24(22)25)18-30-15-13-21-10-11-23(16-26(21)30)32-19-20-6-2-1-3-7-20/h1-11,13,15-17,29H,12,14,18-19H2,(H,28,31). The first-order valence-electron chi connectivity index (χ1n) is 10.8. The summed E-state index contributed by atoms with van der Waals surface area (Å²) in [5.41, 5.74) is 4.45. The van der Waals surface area contributed by atoms with E-state index in [-0.39, 0.29) is 12.5 Å². The summed E-state index contributed by atoms with van der Waals surface area (Å²) in [5.74, 6) is 0.791. The van der Waals surface area contributed by atoms with Crippen molar-refractivity contribution in [3.05, 3.63) is 102 Å². The first-order valence-corrected chi connectivity index (χ1v) is 10.8. The molecule has 0 saturated heterocycles. The molecule has 0 radical (unpaired) electrons. The summed E-state index contributed by atoms with van der Waals surface area (Å²) in [5, 5.41) is 5.34. The predicted molar refractivity (Wildman–Crippen MR) is 128 cm³/mol. The molecule has 5 aromatic rings. The summed E-state index contributed by atoms with van der Waals surface area (Å²) in [6.07, 6.45) is 4.76. The van der Waals surface area contributed by atoms with Gasteiger partial charge in [-0.3, -0.25) is 4.79 Å². The van der Waals surface area contributed by atoms with Gasteiger partial charge >= 0.3 is 0 Å². The molecule has 5 nitrogen and oxygen atoms in total. The Hall–Kier alpha value is -3.99. The van der Waals surface area contributed by atoms with Gasteiger partial charge in [-0.2, -0.15) is 0 Å². The first-order chi connectivity index (χ1) is 15.8. The van der Waals surface area contributed by atoms with Gasteiger partial charge in [-0.05, 0) is 47.2 Å². The fourth-order valence-electron chi connectivity index (χ4n) is 4.02. The number of aromatic nitrogens is 2. The molecular formula is C27H25N3O2. The molecule has 0 unspecified atom stereocenters. The SMILES string of the molecule is O=C(Cn1ccc2ccc(OCc3ccccc3)cc21)NCCc1c[nH]c2ccccc12. The minimum Gasteiger partial charge on any atom is -0.489 e. The Labute approximate surface area is 186 Å². The van der Waals surface area contributed by atoms with Gasteiger partial charge in [0.25, 0.3) is 0 Å². The van der Waals surface area contributed by atoms with E-state index < -0.39 is 0 Å². The number of H-pyrrole nitrogens is 1. The number of rotatable bonds is 8. The van der Waals surface area contributed by atoms with Gasteiger partial charge in [0.15, 0.2) is 0 Å². The fourth-order valence-corrected chi connectivity index (χ4v) is 4.02. The maximum absolute atomic E-state index is 12.6. The molecule has 32 heavy (non-hydrogen) atoms. The minimum absolute atomic E-state index is 0.00190. The van der Waals surface area contributed by atoms with Crippen LogP contribution in [-0.4, -0.2) is 22.0 Å². The molecule has 0 bridgehead atoms. The van der Waals surface area contributed by atoms with Crippen LogP contribution in [0.2, 0.25) is 0 Å². The molecule has 5 rings (SSSR count). The molecule has 0 fully saturated rings. The number of fused-ring (bicyclic) bond motifs is 2. The predicted octanol–water partition coefficient (Wildman–Crippen LogP) is 5.06. The van der Waals surface area contributed by atoms with E-state index >= 15 is 0 Å². The Morgan fingerprint density at radius 3 is 2.72 bits per heavy atom. The number of hydrogen-bond donors (Lipinski definition) is 2. The van der Waals surface area contributed by atoms with Crippen LogP contribution in [-0.2, 0) is 24.4 Å². The molecule has 0 spiro atoms. The molecule has 5 heteroatoms. The molecular weight excluding hydrogens is 398 g/mol. The summed E-state index contributed by atoms with van der Waals surface area (Å²) < 4.78 is 7.92. The zero-order chi connectivity index (χ0) is 21.8. The van der Waals surface area contributed by atoms with Crippen molar-refractivity contribution in [3.8, 4) is 5.75 Å². The van der Waals surface area contributed by atoms with Crippen molar-refractivity contribution in [1.29, 1.82) is 0 Å². The van der Waals surface area contributed by atoms with E-state index in [0.717, 1.165) is 34.2 Å². The smallest absolute Gasteiger partial charge is 0.239 e. The number of carbonyl (C=O) groups is 1. The van der Waals surface area contributed by atoms with Gasteiger partial charge in [0, 0.05) is 35.9 Å². The lowest BCUT2D eigenvalue weighted by Crippen LogP contribution is -2.29. The number of benzene rings is 3. The van der Waals surface area contributed by atoms with Crippen molar-refractivity contribution in [2.45, 2.75) is 19.6 Å². The highest BCUT2D eigenvalue weighted by Gasteiger charge is 2.09. The van der Waals surface area contributed by atoms with E-state index in [2.05, 4.69) is 22.4 Å². The van der Waals surface area contributed by atoms with Gasteiger partial charge < -0.3 is 19.6 Å². The van der Waals surface area contributed by atoms with Crippen LogP contribution < -0.4 is 10.1 Å². The molecule has 0 saturated carbocycles. The van der Waals surface area contributed by atoms with Crippen molar-refractivity contribution in [3.63, 3.8) is 0 Å². The third kappa shape index (κ3) is 4.37. The van der Waals surface area contributed by atoms with Crippen LogP contribution >= 0.6 is 0 Å². The summed E-state index contributed by atoms with van der Waals surface area (Å²) >= 11 is 0. The quantitative estimate of drug-likeness (QED) is 0.366. The number of carbonyl (C=O) groups excluding carboxylic acids is 1. The third-order valence-corrected chi connectivity index (χ3v) is 5.70. The number of ether oxygens (including phenoxy) is 1. The average Bonchev–Trinajstić information content (AvgIpc) is 3.42. The van der Waals surface area contributed by atoms with Crippen LogP contribution in [0, 0.1) is 0 Å². The molecule has 2 heterocycles. The largest absolute Gasteiger partial charge is 0.489 e. The summed E-state index contributed by atoms with van der Waals surface area (Å²) in [4.78, 5) is 15.9. The van der Waals surface area contributed by atoms with Gasteiger partial charge in [-0.1, -0.05) is 48.5 Å². The van der Waals surface area contributed by atoms with E-state index in [1.807, 2.05) is 83.7 Å². The van der Waals surface area contributed by atoms with Gasteiger partial charge in [0.1, 0.15) is 18.9 Å². The van der Waals surface area contributed by atoms with Crippen molar-refractivity contribution in [1.82, 2.24) is 14.9 Å². The molecule has 1 amide bonds. The Bertz CT molecular complexity index is 1350. The number of aromatic amines is 1.